The quantitative estimate of drug-likeness (QED) is 0.872. The highest BCUT2D eigenvalue weighted by Gasteiger charge is 2.49. The molecule has 3 heteroatoms. The van der Waals surface area contributed by atoms with Crippen molar-refractivity contribution >= 4 is 0 Å². The minimum atomic E-state index is -0.942. The van der Waals surface area contributed by atoms with E-state index in [1.807, 2.05) is 6.07 Å². The fraction of sp³-hybridized carbons (Fsp3) is 0.647. The zero-order valence-corrected chi connectivity index (χ0v) is 12.5. The van der Waals surface area contributed by atoms with Gasteiger partial charge in [0, 0.05) is 18.5 Å². The maximum atomic E-state index is 11.1. The molecule has 3 nitrogen and oxygen atoms in total. The smallest absolute Gasteiger partial charge is 0.126 e. The van der Waals surface area contributed by atoms with Gasteiger partial charge in [0.05, 0.1) is 0 Å². The second-order valence-corrected chi connectivity index (χ2v) is 6.81. The van der Waals surface area contributed by atoms with Crippen molar-refractivity contribution in [2.24, 2.45) is 5.73 Å². The van der Waals surface area contributed by atoms with Gasteiger partial charge in [-0.2, -0.15) is 0 Å². The maximum Gasteiger partial charge on any atom is 0.126 e. The van der Waals surface area contributed by atoms with Gasteiger partial charge >= 0.3 is 0 Å². The van der Waals surface area contributed by atoms with Crippen LogP contribution in [0.15, 0.2) is 18.2 Å². The zero-order chi connectivity index (χ0) is 14.4. The summed E-state index contributed by atoms with van der Waals surface area (Å²) in [6.07, 6.45) is 5.05. The summed E-state index contributed by atoms with van der Waals surface area (Å²) in [5, 5.41) is 11.1. The highest BCUT2D eigenvalue weighted by atomic mass is 16.5. The molecule has 0 radical (unpaired) electrons. The van der Waals surface area contributed by atoms with E-state index < -0.39 is 5.60 Å². The molecule has 0 amide bonds. The fourth-order valence-electron chi connectivity index (χ4n) is 3.74. The van der Waals surface area contributed by atoms with Crippen molar-refractivity contribution in [2.45, 2.75) is 63.1 Å². The minimum Gasteiger partial charge on any atom is -0.487 e. The van der Waals surface area contributed by atoms with Crippen LogP contribution in [-0.4, -0.2) is 17.3 Å². The molecule has 3 rings (SSSR count). The number of nitrogens with two attached hydrogens (primary N) is 1. The molecular weight excluding hydrogens is 250 g/mol. The molecule has 1 unspecified atom stereocenters. The molecule has 1 saturated carbocycles. The van der Waals surface area contributed by atoms with Crippen LogP contribution in [0.25, 0.3) is 0 Å². The summed E-state index contributed by atoms with van der Waals surface area (Å²) in [6.45, 7) is 4.57. The summed E-state index contributed by atoms with van der Waals surface area (Å²) < 4.78 is 6.30. The van der Waals surface area contributed by atoms with Crippen LogP contribution in [0.1, 0.15) is 63.0 Å². The van der Waals surface area contributed by atoms with Crippen molar-refractivity contribution in [3.63, 3.8) is 0 Å². The molecule has 20 heavy (non-hydrogen) atoms. The van der Waals surface area contributed by atoms with Crippen molar-refractivity contribution in [2.75, 3.05) is 6.54 Å². The number of ether oxygens (including phenoxy) is 1. The van der Waals surface area contributed by atoms with Crippen LogP contribution < -0.4 is 10.5 Å². The highest BCUT2D eigenvalue weighted by molar-refractivity contribution is 5.45. The molecule has 1 spiro atoms. The van der Waals surface area contributed by atoms with Crippen LogP contribution in [0.4, 0.5) is 0 Å². The topological polar surface area (TPSA) is 55.5 Å². The van der Waals surface area contributed by atoms with Crippen LogP contribution in [0.5, 0.6) is 5.75 Å². The molecule has 1 aliphatic heterocycles. The Morgan fingerprint density at radius 2 is 2.00 bits per heavy atom. The summed E-state index contributed by atoms with van der Waals surface area (Å²) in [4.78, 5) is 0. The standard InChI is InChI=1S/C17H25NO2/c1-12(2)13-5-6-15-14(9-13)17(19,11-18)10-16(20-15)7-3-4-8-16/h5-6,9,12,19H,3-4,7-8,10-11,18H2,1-2H3. The van der Waals surface area contributed by atoms with Crippen LogP contribution in [0.2, 0.25) is 0 Å². The lowest BCUT2D eigenvalue weighted by Gasteiger charge is -2.44. The summed E-state index contributed by atoms with van der Waals surface area (Å²) in [5.41, 5.74) is 6.89. The highest BCUT2D eigenvalue weighted by Crippen LogP contribution is 2.49. The lowest BCUT2D eigenvalue weighted by molar-refractivity contribution is -0.0712. The van der Waals surface area contributed by atoms with E-state index in [1.165, 1.54) is 18.4 Å². The molecule has 0 aromatic heterocycles. The molecule has 1 heterocycles. The van der Waals surface area contributed by atoms with Gasteiger partial charge in [0.2, 0.25) is 0 Å². The number of aliphatic hydroxyl groups is 1. The van der Waals surface area contributed by atoms with Gasteiger partial charge in [-0.05, 0) is 49.3 Å². The Hall–Kier alpha value is -1.06. The van der Waals surface area contributed by atoms with Gasteiger partial charge in [-0.25, -0.2) is 0 Å². The van der Waals surface area contributed by atoms with E-state index in [0.717, 1.165) is 24.2 Å². The van der Waals surface area contributed by atoms with E-state index in [2.05, 4.69) is 26.0 Å². The molecule has 1 aromatic rings. The molecule has 1 aromatic carbocycles. The Labute approximate surface area is 121 Å². The van der Waals surface area contributed by atoms with Gasteiger partial charge in [0.15, 0.2) is 0 Å². The third kappa shape index (κ3) is 2.13. The van der Waals surface area contributed by atoms with Gasteiger partial charge < -0.3 is 15.6 Å². The first kappa shape index (κ1) is 13.9. The number of rotatable bonds is 2. The number of hydrogen-bond donors (Lipinski definition) is 2. The van der Waals surface area contributed by atoms with Crippen molar-refractivity contribution in [1.82, 2.24) is 0 Å². The molecule has 2 aliphatic rings. The third-order valence-electron chi connectivity index (χ3n) is 4.97. The third-order valence-corrected chi connectivity index (χ3v) is 4.97. The summed E-state index contributed by atoms with van der Waals surface area (Å²) in [6, 6.07) is 6.20. The Kier molecular flexibility index (Phi) is 3.30. The first-order valence-electron chi connectivity index (χ1n) is 7.74. The summed E-state index contributed by atoms with van der Waals surface area (Å²) in [7, 11) is 0. The minimum absolute atomic E-state index is 0.194. The van der Waals surface area contributed by atoms with Crippen molar-refractivity contribution in [3.8, 4) is 5.75 Å². The Morgan fingerprint density at radius 3 is 2.60 bits per heavy atom. The Bertz CT molecular complexity index is 506. The number of fused-ring (bicyclic) bond motifs is 1. The van der Waals surface area contributed by atoms with Gasteiger partial charge in [-0.15, -0.1) is 0 Å². The SMILES string of the molecule is CC(C)c1ccc2c(c1)C(O)(CN)CC1(CCCC1)O2. The molecule has 0 saturated heterocycles. The predicted molar refractivity (Wildman–Crippen MR) is 79.9 cm³/mol. The second-order valence-electron chi connectivity index (χ2n) is 6.81. The van der Waals surface area contributed by atoms with Crippen molar-refractivity contribution in [1.29, 1.82) is 0 Å². The largest absolute Gasteiger partial charge is 0.487 e. The van der Waals surface area contributed by atoms with Gasteiger partial charge in [-0.1, -0.05) is 19.9 Å². The van der Waals surface area contributed by atoms with E-state index in [-0.39, 0.29) is 12.1 Å². The molecule has 3 N–H and O–H groups in total. The van der Waals surface area contributed by atoms with Crippen LogP contribution in [0, 0.1) is 0 Å². The van der Waals surface area contributed by atoms with Crippen LogP contribution in [-0.2, 0) is 5.60 Å². The average Bonchev–Trinajstić information content (AvgIpc) is 2.86. The van der Waals surface area contributed by atoms with Crippen molar-refractivity contribution in [3.05, 3.63) is 29.3 Å². The lowest BCUT2D eigenvalue weighted by atomic mass is 9.77. The first-order chi connectivity index (χ1) is 9.48. The normalized spacial score (nSPS) is 27.6. The van der Waals surface area contributed by atoms with E-state index >= 15 is 0 Å². The number of benzene rings is 1. The van der Waals surface area contributed by atoms with E-state index in [4.69, 9.17) is 10.5 Å². The monoisotopic (exact) mass is 275 g/mol. The molecule has 110 valence electrons. The second kappa shape index (κ2) is 4.74. The maximum absolute atomic E-state index is 11.1. The summed E-state index contributed by atoms with van der Waals surface area (Å²) >= 11 is 0. The molecule has 1 aliphatic carbocycles. The first-order valence-corrected chi connectivity index (χ1v) is 7.74. The lowest BCUT2D eigenvalue weighted by Crippen LogP contribution is -2.50. The zero-order valence-electron chi connectivity index (χ0n) is 12.5. The van der Waals surface area contributed by atoms with Gasteiger partial charge in [0.25, 0.3) is 0 Å². The number of hydrogen-bond acceptors (Lipinski definition) is 3. The fourth-order valence-corrected chi connectivity index (χ4v) is 3.74. The average molecular weight is 275 g/mol. The molecular formula is C17H25NO2. The molecule has 1 atom stereocenters. The Morgan fingerprint density at radius 1 is 1.30 bits per heavy atom. The van der Waals surface area contributed by atoms with Crippen LogP contribution >= 0.6 is 0 Å². The van der Waals surface area contributed by atoms with E-state index in [1.54, 1.807) is 0 Å². The van der Waals surface area contributed by atoms with Crippen LogP contribution in [0.3, 0.4) is 0 Å². The molecule has 1 fully saturated rings. The Balaban J connectivity index is 2.06. The molecule has 0 bridgehead atoms. The van der Waals surface area contributed by atoms with E-state index in [9.17, 15) is 5.11 Å². The predicted octanol–water partition coefficient (Wildman–Crippen LogP) is 3.05. The van der Waals surface area contributed by atoms with Gasteiger partial charge in [-0.3, -0.25) is 0 Å². The van der Waals surface area contributed by atoms with Gasteiger partial charge in [0.1, 0.15) is 17.0 Å². The summed E-state index contributed by atoms with van der Waals surface area (Å²) in [5.74, 6) is 1.26. The van der Waals surface area contributed by atoms with Crippen molar-refractivity contribution < 1.29 is 9.84 Å². The van der Waals surface area contributed by atoms with E-state index in [0.29, 0.717) is 12.3 Å².